The summed E-state index contributed by atoms with van der Waals surface area (Å²) >= 11 is 0. The van der Waals surface area contributed by atoms with Gasteiger partial charge < -0.3 is 4.42 Å². The van der Waals surface area contributed by atoms with Gasteiger partial charge in [-0.2, -0.15) is 0 Å². The Morgan fingerprint density at radius 2 is 1.50 bits per heavy atom. The first-order chi connectivity index (χ1) is 10.9. The van der Waals surface area contributed by atoms with Gasteiger partial charge in [0.2, 0.25) is 0 Å². The van der Waals surface area contributed by atoms with Crippen LogP contribution in [-0.4, -0.2) is 0 Å². The van der Waals surface area contributed by atoms with Crippen LogP contribution < -0.4 is 0 Å². The average Bonchev–Trinajstić information content (AvgIpc) is 3.04. The maximum absolute atomic E-state index is 5.33. The van der Waals surface area contributed by atoms with Gasteiger partial charge in [-0.3, -0.25) is 0 Å². The van der Waals surface area contributed by atoms with Crippen molar-refractivity contribution in [1.82, 2.24) is 0 Å². The van der Waals surface area contributed by atoms with E-state index in [0.717, 1.165) is 18.6 Å². The highest BCUT2D eigenvalue weighted by Crippen LogP contribution is 2.09. The zero-order chi connectivity index (χ0) is 15.7. The van der Waals surface area contributed by atoms with Crippen LogP contribution in [0.15, 0.2) is 47.1 Å². The van der Waals surface area contributed by atoms with E-state index in [2.05, 4.69) is 37.3 Å². The van der Waals surface area contributed by atoms with Crippen LogP contribution in [0.4, 0.5) is 0 Å². The first-order valence-electron chi connectivity index (χ1n) is 9.26. The molecule has 0 fully saturated rings. The van der Waals surface area contributed by atoms with E-state index in [1.165, 1.54) is 64.2 Å². The zero-order valence-corrected chi connectivity index (χ0v) is 14.4. The van der Waals surface area contributed by atoms with Crippen LogP contribution in [0.3, 0.4) is 0 Å². The van der Waals surface area contributed by atoms with Crippen LogP contribution in [0, 0.1) is 0 Å². The predicted molar refractivity (Wildman–Crippen MR) is 97.2 cm³/mol. The highest BCUT2D eigenvalue weighted by molar-refractivity contribution is 4.97. The highest BCUT2D eigenvalue weighted by atomic mass is 16.3. The molecule has 1 rings (SSSR count). The summed E-state index contributed by atoms with van der Waals surface area (Å²) in [5, 5.41) is 0. The molecule has 0 amide bonds. The molecule has 1 aromatic rings. The summed E-state index contributed by atoms with van der Waals surface area (Å²) in [6, 6.07) is 4.03. The third-order valence-electron chi connectivity index (χ3n) is 3.95. The maximum Gasteiger partial charge on any atom is 0.103 e. The van der Waals surface area contributed by atoms with E-state index in [4.69, 9.17) is 4.42 Å². The number of rotatable bonds is 14. The van der Waals surface area contributed by atoms with Crippen molar-refractivity contribution in [3.05, 3.63) is 48.5 Å². The number of furan rings is 1. The van der Waals surface area contributed by atoms with Crippen molar-refractivity contribution in [2.24, 2.45) is 0 Å². The smallest absolute Gasteiger partial charge is 0.103 e. The second-order valence-electron chi connectivity index (χ2n) is 6.06. The Bertz CT molecular complexity index is 373. The molecule has 0 saturated carbocycles. The summed E-state index contributed by atoms with van der Waals surface area (Å²) in [6.45, 7) is 2.27. The van der Waals surface area contributed by atoms with Gasteiger partial charge in [0.05, 0.1) is 6.26 Å². The minimum absolute atomic E-state index is 1.08. The van der Waals surface area contributed by atoms with Crippen molar-refractivity contribution in [2.75, 3.05) is 0 Å². The van der Waals surface area contributed by atoms with Crippen LogP contribution in [0.5, 0.6) is 0 Å². The Morgan fingerprint density at radius 1 is 0.818 bits per heavy atom. The van der Waals surface area contributed by atoms with Crippen LogP contribution >= 0.6 is 0 Å². The predicted octanol–water partition coefficient (Wildman–Crippen LogP) is 7.25. The summed E-state index contributed by atoms with van der Waals surface area (Å²) in [5.41, 5.74) is 0. The second-order valence-corrected chi connectivity index (χ2v) is 6.06. The van der Waals surface area contributed by atoms with E-state index < -0.39 is 0 Å². The molecule has 1 heteroatoms. The van der Waals surface area contributed by atoms with Crippen LogP contribution in [0.1, 0.15) is 83.3 Å². The van der Waals surface area contributed by atoms with Gasteiger partial charge in [0, 0.05) is 6.42 Å². The summed E-state index contributed by atoms with van der Waals surface area (Å²) in [7, 11) is 0. The first-order valence-corrected chi connectivity index (χ1v) is 9.26. The quantitative estimate of drug-likeness (QED) is 0.260. The van der Waals surface area contributed by atoms with Gasteiger partial charge in [0.15, 0.2) is 0 Å². The maximum atomic E-state index is 5.33. The lowest BCUT2D eigenvalue weighted by Gasteiger charge is -1.97. The molecular weight excluding hydrogens is 268 g/mol. The minimum atomic E-state index is 1.08. The molecule has 0 atom stereocenters. The van der Waals surface area contributed by atoms with Gasteiger partial charge in [-0.05, 0) is 50.7 Å². The topological polar surface area (TPSA) is 13.1 Å². The molecule has 0 aliphatic rings. The highest BCUT2D eigenvalue weighted by Gasteiger charge is 1.94. The molecule has 0 N–H and O–H groups in total. The molecule has 0 unspecified atom stereocenters. The number of unbranched alkanes of at least 4 members (excludes halogenated alkanes) is 8. The fourth-order valence-corrected chi connectivity index (χ4v) is 2.57. The van der Waals surface area contributed by atoms with E-state index in [1.807, 2.05) is 6.07 Å². The van der Waals surface area contributed by atoms with Gasteiger partial charge >= 0.3 is 0 Å². The lowest BCUT2D eigenvalue weighted by molar-refractivity contribution is 0.495. The number of aryl methyl sites for hydroxylation is 1. The number of hydrogen-bond donors (Lipinski definition) is 0. The monoisotopic (exact) mass is 302 g/mol. The van der Waals surface area contributed by atoms with Crippen molar-refractivity contribution >= 4 is 0 Å². The van der Waals surface area contributed by atoms with E-state index >= 15 is 0 Å². The third-order valence-corrected chi connectivity index (χ3v) is 3.95. The van der Waals surface area contributed by atoms with Crippen molar-refractivity contribution in [3.8, 4) is 0 Å². The normalized spacial score (nSPS) is 11.9. The molecule has 0 saturated heterocycles. The standard InChI is InChI=1S/C21H34O/c1-2-3-4-5-6-7-8-9-10-11-12-13-14-15-16-18-21-19-17-20-22-21/h8-9,11-12,17,19-20H,2-7,10,13-16,18H2,1H3. The Kier molecular flexibility index (Phi) is 12.6. The van der Waals surface area contributed by atoms with Gasteiger partial charge in [0.1, 0.15) is 5.76 Å². The molecule has 1 heterocycles. The van der Waals surface area contributed by atoms with Crippen molar-refractivity contribution in [2.45, 2.75) is 84.0 Å². The fourth-order valence-electron chi connectivity index (χ4n) is 2.57. The third kappa shape index (κ3) is 11.4. The van der Waals surface area contributed by atoms with Gasteiger partial charge in [-0.1, -0.05) is 63.3 Å². The molecule has 0 aliphatic carbocycles. The largest absolute Gasteiger partial charge is 0.469 e. The molecule has 0 bridgehead atoms. The molecule has 0 radical (unpaired) electrons. The molecule has 1 nitrogen and oxygen atoms in total. The van der Waals surface area contributed by atoms with Crippen LogP contribution in [-0.2, 0) is 6.42 Å². The summed E-state index contributed by atoms with van der Waals surface area (Å²) in [4.78, 5) is 0. The lowest BCUT2D eigenvalue weighted by Crippen LogP contribution is -1.82. The zero-order valence-electron chi connectivity index (χ0n) is 14.4. The van der Waals surface area contributed by atoms with Gasteiger partial charge in [0.25, 0.3) is 0 Å². The van der Waals surface area contributed by atoms with Crippen molar-refractivity contribution < 1.29 is 4.42 Å². The SMILES string of the molecule is CCCCCCCC=CCC=CCCCCCc1ccco1. The van der Waals surface area contributed by atoms with Gasteiger partial charge in [-0.25, -0.2) is 0 Å². The van der Waals surface area contributed by atoms with Crippen LogP contribution in [0.25, 0.3) is 0 Å². The molecule has 0 aliphatic heterocycles. The molecule has 1 aromatic heterocycles. The Labute approximate surface area is 137 Å². The molecular formula is C21H34O. The van der Waals surface area contributed by atoms with E-state index in [9.17, 15) is 0 Å². The lowest BCUT2D eigenvalue weighted by atomic mass is 10.1. The Hall–Kier alpha value is -1.24. The average molecular weight is 303 g/mol. The van der Waals surface area contributed by atoms with E-state index in [1.54, 1.807) is 6.26 Å². The number of allylic oxidation sites excluding steroid dienone is 4. The first kappa shape index (κ1) is 18.8. The fraction of sp³-hybridized carbons (Fsp3) is 0.619. The molecule has 124 valence electrons. The summed E-state index contributed by atoms with van der Waals surface area (Å²) in [5.74, 6) is 1.12. The van der Waals surface area contributed by atoms with Crippen LogP contribution in [0.2, 0.25) is 0 Å². The molecule has 0 spiro atoms. The van der Waals surface area contributed by atoms with Crippen molar-refractivity contribution in [1.29, 1.82) is 0 Å². The Morgan fingerprint density at radius 3 is 2.14 bits per heavy atom. The summed E-state index contributed by atoms with van der Waals surface area (Å²) in [6.07, 6.45) is 26.4. The summed E-state index contributed by atoms with van der Waals surface area (Å²) < 4.78 is 5.33. The Balaban J connectivity index is 1.81. The van der Waals surface area contributed by atoms with Gasteiger partial charge in [-0.15, -0.1) is 0 Å². The van der Waals surface area contributed by atoms with E-state index in [-0.39, 0.29) is 0 Å². The molecule has 0 aromatic carbocycles. The van der Waals surface area contributed by atoms with Crippen molar-refractivity contribution in [3.63, 3.8) is 0 Å². The second kappa shape index (κ2) is 14.7. The number of hydrogen-bond acceptors (Lipinski definition) is 1. The minimum Gasteiger partial charge on any atom is -0.469 e. The molecule has 22 heavy (non-hydrogen) atoms. The van der Waals surface area contributed by atoms with E-state index in [0.29, 0.717) is 0 Å².